The van der Waals surface area contributed by atoms with E-state index in [1.54, 1.807) is 36.4 Å². The minimum Gasteiger partial charge on any atom is -0.360 e. The van der Waals surface area contributed by atoms with E-state index >= 15 is 0 Å². The van der Waals surface area contributed by atoms with E-state index < -0.39 is 15.9 Å². The van der Waals surface area contributed by atoms with E-state index in [-0.39, 0.29) is 15.9 Å². The number of sulfonamides is 1. The average molecular weight is 371 g/mol. The van der Waals surface area contributed by atoms with E-state index in [9.17, 15) is 18.0 Å². The van der Waals surface area contributed by atoms with Gasteiger partial charge in [-0.2, -0.15) is 0 Å². The van der Waals surface area contributed by atoms with Gasteiger partial charge in [0.25, 0.3) is 5.91 Å². The summed E-state index contributed by atoms with van der Waals surface area (Å²) >= 11 is 0. The first kappa shape index (κ1) is 17.8. The van der Waals surface area contributed by atoms with Crippen LogP contribution in [-0.4, -0.2) is 25.9 Å². The monoisotopic (exact) mass is 371 g/mol. The zero-order valence-electron chi connectivity index (χ0n) is 13.7. The van der Waals surface area contributed by atoms with E-state index in [1.165, 1.54) is 18.3 Å². The molecule has 1 heterocycles. The quantitative estimate of drug-likeness (QED) is 0.622. The van der Waals surface area contributed by atoms with Gasteiger partial charge in [-0.1, -0.05) is 24.3 Å². The van der Waals surface area contributed by atoms with Crippen LogP contribution < -0.4 is 15.9 Å². The van der Waals surface area contributed by atoms with Crippen molar-refractivity contribution in [1.29, 1.82) is 0 Å². The number of carbonyl (C=O) groups is 1. The van der Waals surface area contributed by atoms with Crippen LogP contribution in [0.2, 0.25) is 0 Å². The van der Waals surface area contributed by atoms with Gasteiger partial charge in [0.1, 0.15) is 5.56 Å². The fraction of sp³-hybridized carbons (Fsp3) is 0.111. The molecule has 1 amide bonds. The normalized spacial score (nSPS) is 11.4. The Hall–Kier alpha value is -2.97. The van der Waals surface area contributed by atoms with Gasteiger partial charge < -0.3 is 10.3 Å². The summed E-state index contributed by atoms with van der Waals surface area (Å²) in [4.78, 5) is 27.6. The smallest absolute Gasteiger partial charge is 0.256 e. The van der Waals surface area contributed by atoms with Crippen molar-refractivity contribution < 1.29 is 13.2 Å². The van der Waals surface area contributed by atoms with Crippen molar-refractivity contribution in [2.75, 3.05) is 6.54 Å². The number of fused-ring (bicyclic) bond motifs is 1. The number of carbonyl (C=O) groups excluding carboxylic acids is 1. The molecule has 134 valence electrons. The predicted molar refractivity (Wildman–Crippen MR) is 98.4 cm³/mol. The lowest BCUT2D eigenvalue weighted by atomic mass is 10.1. The lowest BCUT2D eigenvalue weighted by molar-refractivity contribution is 0.0953. The van der Waals surface area contributed by atoms with Crippen LogP contribution in [0.5, 0.6) is 0 Å². The number of para-hydroxylation sites is 1. The van der Waals surface area contributed by atoms with Gasteiger partial charge >= 0.3 is 0 Å². The molecule has 0 saturated carbocycles. The number of pyridine rings is 1. The maximum absolute atomic E-state index is 12.4. The maximum Gasteiger partial charge on any atom is 0.256 e. The molecule has 0 saturated heterocycles. The van der Waals surface area contributed by atoms with Crippen molar-refractivity contribution in [3.8, 4) is 0 Å². The van der Waals surface area contributed by atoms with Crippen LogP contribution in [0.25, 0.3) is 10.9 Å². The molecule has 0 bridgehead atoms. The first-order valence-corrected chi connectivity index (χ1v) is 9.41. The largest absolute Gasteiger partial charge is 0.360 e. The number of benzene rings is 2. The van der Waals surface area contributed by atoms with Crippen LogP contribution >= 0.6 is 0 Å². The highest BCUT2D eigenvalue weighted by molar-refractivity contribution is 7.89. The van der Waals surface area contributed by atoms with Crippen molar-refractivity contribution in [3.05, 3.63) is 76.1 Å². The van der Waals surface area contributed by atoms with Crippen LogP contribution in [0.3, 0.4) is 0 Å². The van der Waals surface area contributed by atoms with E-state index in [0.717, 1.165) is 5.56 Å². The third-order valence-electron chi connectivity index (χ3n) is 3.98. The van der Waals surface area contributed by atoms with Gasteiger partial charge in [-0.25, -0.2) is 13.6 Å². The summed E-state index contributed by atoms with van der Waals surface area (Å²) in [6.45, 7) is 0.305. The van der Waals surface area contributed by atoms with Crippen LogP contribution in [0.15, 0.2) is 64.4 Å². The number of primary sulfonamides is 1. The zero-order valence-corrected chi connectivity index (χ0v) is 14.5. The Bertz CT molecular complexity index is 1120. The molecule has 0 aliphatic rings. The molecular formula is C18H17N3O4S. The molecule has 26 heavy (non-hydrogen) atoms. The van der Waals surface area contributed by atoms with Gasteiger partial charge in [0.05, 0.1) is 4.90 Å². The predicted octanol–water partition coefficient (Wildman–Crippen LogP) is 1.15. The molecule has 0 unspecified atom stereocenters. The number of hydrogen-bond acceptors (Lipinski definition) is 4. The number of nitrogens with one attached hydrogen (secondary N) is 2. The van der Waals surface area contributed by atoms with Crippen molar-refractivity contribution in [2.45, 2.75) is 11.3 Å². The van der Waals surface area contributed by atoms with Crippen LogP contribution in [0, 0.1) is 0 Å². The Kier molecular flexibility index (Phi) is 4.88. The van der Waals surface area contributed by atoms with Crippen LogP contribution in [-0.2, 0) is 16.4 Å². The number of aromatic amines is 1. The number of nitrogens with two attached hydrogens (primary N) is 1. The summed E-state index contributed by atoms with van der Waals surface area (Å²) in [5.41, 5.74) is 1.23. The maximum atomic E-state index is 12.4. The molecule has 3 rings (SSSR count). The van der Waals surface area contributed by atoms with E-state index in [1.807, 2.05) is 0 Å². The molecule has 0 spiro atoms. The second kappa shape index (κ2) is 7.11. The highest BCUT2D eigenvalue weighted by Gasteiger charge is 2.12. The topological polar surface area (TPSA) is 122 Å². The number of H-pyrrole nitrogens is 1. The van der Waals surface area contributed by atoms with E-state index in [0.29, 0.717) is 23.9 Å². The van der Waals surface area contributed by atoms with Crippen molar-refractivity contribution >= 4 is 26.8 Å². The molecule has 3 aromatic rings. The molecule has 8 heteroatoms. The molecule has 0 radical (unpaired) electrons. The van der Waals surface area contributed by atoms with Crippen molar-refractivity contribution in [2.24, 2.45) is 5.14 Å². The standard InChI is InChI=1S/C18H17N3O4S/c19-26(24,25)13-7-5-12(6-8-13)9-10-20-18(23)15-11-21-16-4-2-1-3-14(16)17(15)22/h1-8,11H,9-10H2,(H,20,23)(H,21,22)(H2,19,24,25). The number of hydrogen-bond donors (Lipinski definition) is 3. The van der Waals surface area contributed by atoms with Crippen molar-refractivity contribution in [3.63, 3.8) is 0 Å². The van der Waals surface area contributed by atoms with Crippen LogP contribution in [0.1, 0.15) is 15.9 Å². The Morgan fingerprint density at radius 3 is 2.46 bits per heavy atom. The molecular weight excluding hydrogens is 354 g/mol. The molecule has 0 fully saturated rings. The Morgan fingerprint density at radius 1 is 1.08 bits per heavy atom. The van der Waals surface area contributed by atoms with E-state index in [2.05, 4.69) is 10.3 Å². The van der Waals surface area contributed by atoms with E-state index in [4.69, 9.17) is 5.14 Å². The Labute approximate surface area is 149 Å². The van der Waals surface area contributed by atoms with Crippen LogP contribution in [0.4, 0.5) is 0 Å². The molecule has 0 aliphatic carbocycles. The fourth-order valence-electron chi connectivity index (χ4n) is 2.60. The van der Waals surface area contributed by atoms with Gasteiger partial charge in [-0.05, 0) is 36.2 Å². The summed E-state index contributed by atoms with van der Waals surface area (Å²) in [7, 11) is -3.72. The second-order valence-electron chi connectivity index (χ2n) is 5.77. The molecule has 7 nitrogen and oxygen atoms in total. The second-order valence-corrected chi connectivity index (χ2v) is 7.33. The van der Waals surface area contributed by atoms with Gasteiger partial charge in [0.15, 0.2) is 0 Å². The average Bonchev–Trinajstić information content (AvgIpc) is 2.62. The molecule has 4 N–H and O–H groups in total. The lowest BCUT2D eigenvalue weighted by Gasteiger charge is -2.07. The first-order valence-electron chi connectivity index (χ1n) is 7.86. The summed E-state index contributed by atoms with van der Waals surface area (Å²) in [6, 6.07) is 13.1. The minimum atomic E-state index is -3.72. The number of aromatic nitrogens is 1. The fourth-order valence-corrected chi connectivity index (χ4v) is 3.11. The Balaban J connectivity index is 1.66. The van der Waals surface area contributed by atoms with Gasteiger partial charge in [0, 0.05) is 23.6 Å². The highest BCUT2D eigenvalue weighted by Crippen LogP contribution is 2.09. The Morgan fingerprint density at radius 2 is 1.77 bits per heavy atom. The molecule has 2 aromatic carbocycles. The minimum absolute atomic E-state index is 0.0352. The SMILES string of the molecule is NS(=O)(=O)c1ccc(CCNC(=O)c2c[nH]c3ccccc3c2=O)cc1. The first-order chi connectivity index (χ1) is 12.4. The number of rotatable bonds is 5. The molecule has 0 aliphatic heterocycles. The van der Waals surface area contributed by atoms with Crippen molar-refractivity contribution in [1.82, 2.24) is 10.3 Å². The summed E-state index contributed by atoms with van der Waals surface area (Å²) in [6.07, 6.45) is 1.89. The van der Waals surface area contributed by atoms with Gasteiger partial charge in [-0.15, -0.1) is 0 Å². The summed E-state index contributed by atoms with van der Waals surface area (Å²) in [5, 5.41) is 8.20. The molecule has 1 aromatic heterocycles. The lowest BCUT2D eigenvalue weighted by Crippen LogP contribution is -2.30. The third kappa shape index (κ3) is 3.81. The number of amides is 1. The van der Waals surface area contributed by atoms with Gasteiger partial charge in [-0.3, -0.25) is 9.59 Å². The summed E-state index contributed by atoms with van der Waals surface area (Å²) in [5.74, 6) is -0.460. The third-order valence-corrected chi connectivity index (χ3v) is 4.91. The zero-order chi connectivity index (χ0) is 18.7. The molecule has 0 atom stereocenters. The van der Waals surface area contributed by atoms with Gasteiger partial charge in [0.2, 0.25) is 15.5 Å². The highest BCUT2D eigenvalue weighted by atomic mass is 32.2. The summed E-state index contributed by atoms with van der Waals surface area (Å²) < 4.78 is 22.4.